The maximum Gasteiger partial charge on any atom is 0.0545 e. The summed E-state index contributed by atoms with van der Waals surface area (Å²) in [7, 11) is 0. The molecule has 0 atom stereocenters. The van der Waals surface area contributed by atoms with Crippen molar-refractivity contribution in [2.75, 3.05) is 0 Å². The second kappa shape index (κ2) is 2.77. The monoisotopic (exact) mass is 189 g/mol. The van der Waals surface area contributed by atoms with E-state index in [4.69, 9.17) is 17.3 Å². The molecule has 62 valence electrons. The smallest absolute Gasteiger partial charge is 0.0545 e. The van der Waals surface area contributed by atoms with Gasteiger partial charge in [0.25, 0.3) is 0 Å². The van der Waals surface area contributed by atoms with Crippen molar-refractivity contribution >= 4 is 22.9 Å². The Morgan fingerprint density at radius 2 is 2.09 bits per heavy atom. The number of hydrogen-bond donors (Lipinski definition) is 1. The van der Waals surface area contributed by atoms with E-state index in [2.05, 4.69) is 0 Å². The average Bonchev–Trinajstić information content (AvgIpc) is 2.11. The van der Waals surface area contributed by atoms with Gasteiger partial charge in [-0.3, -0.25) is 0 Å². The molecular formula is C8H12ClNS. The number of aryl methyl sites for hydroxylation is 1. The summed E-state index contributed by atoms with van der Waals surface area (Å²) in [6.07, 6.45) is 0. The van der Waals surface area contributed by atoms with Crippen molar-refractivity contribution < 1.29 is 0 Å². The zero-order valence-electron chi connectivity index (χ0n) is 6.94. The molecule has 0 fully saturated rings. The Balaban J connectivity index is 3.08. The fraction of sp³-hybridized carbons (Fsp3) is 0.500. The van der Waals surface area contributed by atoms with Crippen LogP contribution in [0.4, 0.5) is 0 Å². The molecule has 1 nitrogen and oxygen atoms in total. The Kier molecular flexibility index (Phi) is 2.28. The highest BCUT2D eigenvalue weighted by atomic mass is 35.5. The molecule has 0 unspecified atom stereocenters. The molecular weight excluding hydrogens is 178 g/mol. The van der Waals surface area contributed by atoms with E-state index in [0.717, 1.165) is 14.8 Å². The van der Waals surface area contributed by atoms with Crippen molar-refractivity contribution in [3.8, 4) is 0 Å². The molecule has 0 aliphatic rings. The van der Waals surface area contributed by atoms with Gasteiger partial charge in [-0.2, -0.15) is 0 Å². The van der Waals surface area contributed by atoms with Crippen molar-refractivity contribution in [1.82, 2.24) is 0 Å². The molecule has 1 rings (SSSR count). The Morgan fingerprint density at radius 3 is 2.27 bits per heavy atom. The first kappa shape index (κ1) is 9.04. The molecule has 3 heteroatoms. The third kappa shape index (κ3) is 1.95. The predicted molar refractivity (Wildman–Crippen MR) is 51.3 cm³/mol. The van der Waals surface area contributed by atoms with Crippen molar-refractivity contribution in [3.05, 3.63) is 20.8 Å². The molecule has 0 bridgehead atoms. The summed E-state index contributed by atoms with van der Waals surface area (Å²) in [5.74, 6) is 0. The van der Waals surface area contributed by atoms with Gasteiger partial charge in [-0.1, -0.05) is 11.6 Å². The van der Waals surface area contributed by atoms with Gasteiger partial charge in [0.2, 0.25) is 0 Å². The van der Waals surface area contributed by atoms with Crippen LogP contribution in [0.5, 0.6) is 0 Å². The number of thiophene rings is 1. The van der Waals surface area contributed by atoms with Crippen molar-refractivity contribution in [2.45, 2.75) is 26.3 Å². The molecule has 0 aliphatic carbocycles. The Morgan fingerprint density at radius 1 is 1.55 bits per heavy atom. The molecule has 1 aromatic rings. The van der Waals surface area contributed by atoms with Crippen molar-refractivity contribution in [3.63, 3.8) is 0 Å². The highest BCUT2D eigenvalue weighted by molar-refractivity contribution is 7.12. The third-order valence-electron chi connectivity index (χ3n) is 1.49. The molecule has 0 saturated carbocycles. The van der Waals surface area contributed by atoms with Gasteiger partial charge in [-0.25, -0.2) is 0 Å². The third-order valence-corrected chi connectivity index (χ3v) is 3.39. The van der Waals surface area contributed by atoms with Crippen LogP contribution >= 0.6 is 22.9 Å². The number of halogens is 1. The van der Waals surface area contributed by atoms with Gasteiger partial charge in [-0.15, -0.1) is 11.3 Å². The Labute approximate surface area is 76.2 Å². The minimum Gasteiger partial charge on any atom is -0.321 e. The quantitative estimate of drug-likeness (QED) is 0.723. The largest absolute Gasteiger partial charge is 0.321 e. The molecule has 0 aromatic carbocycles. The zero-order valence-corrected chi connectivity index (χ0v) is 8.51. The second-order valence-electron chi connectivity index (χ2n) is 3.24. The van der Waals surface area contributed by atoms with Gasteiger partial charge in [0.1, 0.15) is 0 Å². The molecule has 1 aromatic heterocycles. The zero-order chi connectivity index (χ0) is 8.65. The molecule has 0 saturated heterocycles. The van der Waals surface area contributed by atoms with E-state index in [1.807, 2.05) is 26.8 Å². The van der Waals surface area contributed by atoms with Crippen molar-refractivity contribution in [2.24, 2.45) is 5.73 Å². The van der Waals surface area contributed by atoms with Crippen LogP contribution in [-0.2, 0) is 5.54 Å². The lowest BCUT2D eigenvalue weighted by Gasteiger charge is -2.15. The summed E-state index contributed by atoms with van der Waals surface area (Å²) >= 11 is 7.55. The summed E-state index contributed by atoms with van der Waals surface area (Å²) < 4.78 is 0. The maximum atomic E-state index is 5.89. The number of nitrogens with two attached hydrogens (primary N) is 1. The topological polar surface area (TPSA) is 26.0 Å². The van der Waals surface area contributed by atoms with Crippen LogP contribution in [-0.4, -0.2) is 0 Å². The molecule has 0 amide bonds. The van der Waals surface area contributed by atoms with E-state index < -0.39 is 0 Å². The highest BCUT2D eigenvalue weighted by Gasteiger charge is 2.17. The standard InChI is InChI=1S/C8H12ClNS/c1-5-6(9)4-7(11-5)8(2,3)10/h4H,10H2,1-3H3. The van der Waals surface area contributed by atoms with Crippen LogP contribution in [0, 0.1) is 6.92 Å². The van der Waals surface area contributed by atoms with E-state index in [1.165, 1.54) is 0 Å². The van der Waals surface area contributed by atoms with Gasteiger partial charge >= 0.3 is 0 Å². The summed E-state index contributed by atoms with van der Waals surface area (Å²) in [6.45, 7) is 5.96. The lowest BCUT2D eigenvalue weighted by molar-refractivity contribution is 0.567. The molecule has 0 spiro atoms. The lowest BCUT2D eigenvalue weighted by Crippen LogP contribution is -2.27. The Bertz CT molecular complexity index is 240. The van der Waals surface area contributed by atoms with E-state index in [1.54, 1.807) is 11.3 Å². The molecule has 11 heavy (non-hydrogen) atoms. The van der Waals surface area contributed by atoms with Gasteiger partial charge in [-0.05, 0) is 26.8 Å². The highest BCUT2D eigenvalue weighted by Crippen LogP contribution is 2.31. The first-order chi connectivity index (χ1) is 4.91. The van der Waals surface area contributed by atoms with Crippen LogP contribution in [0.2, 0.25) is 5.02 Å². The Hall–Kier alpha value is -0.0500. The van der Waals surface area contributed by atoms with E-state index in [-0.39, 0.29) is 5.54 Å². The van der Waals surface area contributed by atoms with Gasteiger partial charge < -0.3 is 5.73 Å². The second-order valence-corrected chi connectivity index (χ2v) is 4.90. The van der Waals surface area contributed by atoms with E-state index in [0.29, 0.717) is 0 Å². The molecule has 1 heterocycles. The van der Waals surface area contributed by atoms with Crippen LogP contribution in [0.25, 0.3) is 0 Å². The molecule has 0 radical (unpaired) electrons. The van der Waals surface area contributed by atoms with E-state index in [9.17, 15) is 0 Å². The van der Waals surface area contributed by atoms with E-state index >= 15 is 0 Å². The fourth-order valence-electron chi connectivity index (χ4n) is 0.777. The summed E-state index contributed by atoms with van der Waals surface area (Å²) in [4.78, 5) is 2.28. The minimum atomic E-state index is -0.261. The molecule has 0 aliphatic heterocycles. The maximum absolute atomic E-state index is 5.89. The number of hydrogen-bond acceptors (Lipinski definition) is 2. The predicted octanol–water partition coefficient (Wildman–Crippen LogP) is 2.90. The first-order valence-corrected chi connectivity index (χ1v) is 4.66. The van der Waals surface area contributed by atoms with Gasteiger partial charge in [0.15, 0.2) is 0 Å². The minimum absolute atomic E-state index is 0.261. The average molecular weight is 190 g/mol. The summed E-state index contributed by atoms with van der Waals surface area (Å²) in [5.41, 5.74) is 5.63. The SMILES string of the molecule is Cc1sc(C(C)(C)N)cc1Cl. The van der Waals surface area contributed by atoms with Crippen LogP contribution in [0.3, 0.4) is 0 Å². The van der Waals surface area contributed by atoms with Crippen LogP contribution < -0.4 is 5.73 Å². The lowest BCUT2D eigenvalue weighted by atomic mass is 10.1. The first-order valence-electron chi connectivity index (χ1n) is 3.46. The summed E-state index contributed by atoms with van der Waals surface area (Å²) in [6, 6.07) is 1.95. The fourth-order valence-corrected chi connectivity index (χ4v) is 1.99. The van der Waals surface area contributed by atoms with Crippen LogP contribution in [0.15, 0.2) is 6.07 Å². The normalized spacial score (nSPS) is 12.1. The van der Waals surface area contributed by atoms with Gasteiger partial charge in [0.05, 0.1) is 5.02 Å². The van der Waals surface area contributed by atoms with Crippen LogP contribution in [0.1, 0.15) is 23.6 Å². The number of rotatable bonds is 1. The molecule has 2 N–H and O–H groups in total. The summed E-state index contributed by atoms with van der Waals surface area (Å²) in [5, 5.41) is 0.823. The van der Waals surface area contributed by atoms with Gasteiger partial charge in [0, 0.05) is 15.3 Å². The van der Waals surface area contributed by atoms with Crippen molar-refractivity contribution in [1.29, 1.82) is 0 Å².